The molecule has 3 N–H and O–H groups in total. The first-order chi connectivity index (χ1) is 32.0. The van der Waals surface area contributed by atoms with Crippen LogP contribution in [0.25, 0.3) is 22.3 Å². The Kier molecular flexibility index (Phi) is 13.8. The fourth-order valence-electron chi connectivity index (χ4n) is 8.00. The molecule has 342 valence electrons. The highest BCUT2D eigenvalue weighted by Gasteiger charge is 2.39. The van der Waals surface area contributed by atoms with Crippen LogP contribution in [-0.2, 0) is 0 Å². The van der Waals surface area contributed by atoms with E-state index < -0.39 is 46.3 Å². The van der Waals surface area contributed by atoms with Gasteiger partial charge in [-0.2, -0.15) is 0 Å². The molecule has 0 aliphatic carbocycles. The number of benzene rings is 4. The maximum Gasteiger partial charge on any atom is 0.200 e. The van der Waals surface area contributed by atoms with Gasteiger partial charge in [0.15, 0.2) is 23.3 Å². The first-order valence-corrected chi connectivity index (χ1v) is 25.7. The molecule has 0 fully saturated rings. The summed E-state index contributed by atoms with van der Waals surface area (Å²) < 4.78 is 98.7. The summed E-state index contributed by atoms with van der Waals surface area (Å²) in [5.41, 5.74) is 2.94. The number of rotatable bonds is 7. The third-order valence-electron chi connectivity index (χ3n) is 11.2. The van der Waals surface area contributed by atoms with Crippen molar-refractivity contribution in [3.05, 3.63) is 193 Å². The second kappa shape index (κ2) is 19.0. The molecule has 3 aliphatic rings. The van der Waals surface area contributed by atoms with Gasteiger partial charge in [0.25, 0.3) is 0 Å². The monoisotopic (exact) mass is 1420 g/mol. The van der Waals surface area contributed by atoms with Gasteiger partial charge in [0.1, 0.15) is 17.2 Å². The Labute approximate surface area is 445 Å². The lowest BCUT2D eigenvalue weighted by Gasteiger charge is -2.20. The minimum absolute atomic E-state index is 0.0858. The standard InChI is InChI=1S/C47H25Br8F5N4O3/c1-65-19-10-4-16(5-11-19)22-40-27(48)29(50)42(61-40)23(17-6-12-20(66-2)13-7-17)44-31(52)33(54)46(63-44)26(25-35(56)37(58)39(60)38(59)36(25)57)47-34(55)32(53)45(64-47)24(18-8-14-21(67-3)15-9-18)43-30(51)28(49)41(22)62-43/h4-15,40,61-63H,1-3H3/b41-22-,42-23-,43-24-,47-26-. The van der Waals surface area contributed by atoms with Gasteiger partial charge in [-0.05, 0) is 165 Å². The normalized spacial score (nSPS) is 19.9. The van der Waals surface area contributed by atoms with E-state index in [-0.39, 0.29) is 30.5 Å². The van der Waals surface area contributed by atoms with E-state index in [1.807, 2.05) is 48.5 Å². The SMILES string of the molecule is COc1ccc(/C2=C3/NC(C(Br)=C3Br)/C(c3ccc(OC)cc3)=c3\[nH]/c(c(Br)c3Br)=C(/c3ccc(OC)cc3)C3=N/C(=C(/c4c(F)c(F)c(F)c(F)c4F)c4[nH]c2c(Br)c4Br)C(Br)=C3Br)cc1. The van der Waals surface area contributed by atoms with E-state index in [1.54, 1.807) is 38.5 Å². The quantitative estimate of drug-likeness (QED) is 0.0845. The molecular formula is C47H25Br8F5N4O3. The predicted octanol–water partition coefficient (Wildman–Crippen LogP) is 14.2. The van der Waals surface area contributed by atoms with E-state index in [2.05, 4.69) is 143 Å². The van der Waals surface area contributed by atoms with E-state index in [9.17, 15) is 4.39 Å². The minimum Gasteiger partial charge on any atom is -0.497 e. The first kappa shape index (κ1) is 48.5. The van der Waals surface area contributed by atoms with Crippen LogP contribution in [0.4, 0.5) is 22.0 Å². The summed E-state index contributed by atoms with van der Waals surface area (Å²) in [7, 11) is 4.67. The Bertz CT molecular complexity index is 3390. The van der Waals surface area contributed by atoms with E-state index >= 15 is 17.6 Å². The highest BCUT2D eigenvalue weighted by atomic mass is 79.9. The summed E-state index contributed by atoms with van der Waals surface area (Å²) in [6.45, 7) is 0. The molecule has 0 radical (unpaired) electrons. The summed E-state index contributed by atoms with van der Waals surface area (Å²) in [6, 6.07) is 21.3. The molecular weight excluding hydrogens is 1400 g/mol. The molecule has 67 heavy (non-hydrogen) atoms. The average molecular weight is 1430 g/mol. The number of aromatic amines is 2. The van der Waals surface area contributed by atoms with Crippen LogP contribution >= 0.6 is 127 Å². The number of halogens is 13. The van der Waals surface area contributed by atoms with Gasteiger partial charge in [0.05, 0.1) is 103 Å². The van der Waals surface area contributed by atoms with Crippen molar-refractivity contribution in [2.45, 2.75) is 6.04 Å². The molecule has 8 bridgehead atoms. The van der Waals surface area contributed by atoms with Crippen LogP contribution in [0.15, 0.2) is 125 Å². The fraction of sp³-hybridized carbons (Fsp3) is 0.0851. The number of aliphatic imine (C=N–C) groups is 1. The highest BCUT2D eigenvalue weighted by molar-refractivity contribution is 9.15. The average Bonchev–Trinajstić information content (AvgIpc) is 4.00. The number of hydrogen-bond donors (Lipinski definition) is 3. The van der Waals surface area contributed by atoms with Crippen molar-refractivity contribution in [3.63, 3.8) is 0 Å². The number of fused-ring (bicyclic) bond motifs is 7. The highest BCUT2D eigenvalue weighted by Crippen LogP contribution is 2.51. The minimum atomic E-state index is -2.31. The Morgan fingerprint density at radius 1 is 0.478 bits per heavy atom. The number of allylic oxidation sites excluding steroid dienone is 3. The molecule has 0 saturated heterocycles. The molecule has 7 nitrogen and oxygen atoms in total. The molecule has 5 heterocycles. The third kappa shape index (κ3) is 8.06. The van der Waals surface area contributed by atoms with Gasteiger partial charge in [-0.25, -0.2) is 26.9 Å². The van der Waals surface area contributed by atoms with Gasteiger partial charge >= 0.3 is 0 Å². The molecule has 0 amide bonds. The van der Waals surface area contributed by atoms with Gasteiger partial charge in [-0.3, -0.25) is 0 Å². The van der Waals surface area contributed by atoms with Gasteiger partial charge in [-0.15, -0.1) is 0 Å². The summed E-state index contributed by atoms with van der Waals surface area (Å²) in [6.07, 6.45) is 0. The fourth-order valence-corrected chi connectivity index (χ4v) is 12.0. The third-order valence-corrected chi connectivity index (χ3v) is 19.7. The van der Waals surface area contributed by atoms with Crippen molar-refractivity contribution in [1.82, 2.24) is 15.3 Å². The number of ether oxygens (including phenoxy) is 3. The van der Waals surface area contributed by atoms with Crippen LogP contribution in [0.1, 0.15) is 33.6 Å². The van der Waals surface area contributed by atoms with Gasteiger partial charge in [-0.1, -0.05) is 52.3 Å². The first-order valence-electron chi connectivity index (χ1n) is 19.3. The van der Waals surface area contributed by atoms with Gasteiger partial charge < -0.3 is 29.5 Å². The summed E-state index contributed by atoms with van der Waals surface area (Å²) in [5, 5.41) is 4.89. The Morgan fingerprint density at radius 3 is 1.43 bits per heavy atom. The van der Waals surface area contributed by atoms with E-state index in [0.29, 0.717) is 84.0 Å². The molecule has 9 rings (SSSR count). The molecule has 0 saturated carbocycles. The lowest BCUT2D eigenvalue weighted by Crippen LogP contribution is -2.31. The summed E-state index contributed by atoms with van der Waals surface area (Å²) in [5.74, 6) is -8.96. The van der Waals surface area contributed by atoms with Gasteiger partial charge in [0.2, 0.25) is 5.82 Å². The number of H-pyrrole nitrogens is 2. The molecule has 6 aromatic rings. The van der Waals surface area contributed by atoms with Crippen LogP contribution in [-0.4, -0.2) is 43.1 Å². The van der Waals surface area contributed by atoms with Crippen LogP contribution in [0, 0.1) is 29.1 Å². The number of methoxy groups -OCH3 is 3. The second-order valence-electron chi connectivity index (χ2n) is 14.7. The zero-order valence-electron chi connectivity index (χ0n) is 34.1. The van der Waals surface area contributed by atoms with Crippen LogP contribution in [0.5, 0.6) is 17.2 Å². The van der Waals surface area contributed by atoms with Crippen molar-refractivity contribution in [2.24, 2.45) is 4.99 Å². The molecule has 1 atom stereocenters. The zero-order valence-corrected chi connectivity index (χ0v) is 46.8. The molecule has 3 aliphatic heterocycles. The summed E-state index contributed by atoms with van der Waals surface area (Å²) >= 11 is 30.4. The molecule has 1 unspecified atom stereocenters. The lowest BCUT2D eigenvalue weighted by atomic mass is 9.98. The Morgan fingerprint density at radius 2 is 0.925 bits per heavy atom. The molecule has 20 heteroatoms. The molecule has 0 spiro atoms. The lowest BCUT2D eigenvalue weighted by molar-refractivity contribution is 0.376. The zero-order chi connectivity index (χ0) is 47.9. The summed E-state index contributed by atoms with van der Waals surface area (Å²) in [4.78, 5) is 12.1. The maximum atomic E-state index is 16.5. The second-order valence-corrected chi connectivity index (χ2v) is 21.1. The molecule has 4 aromatic carbocycles. The van der Waals surface area contributed by atoms with Crippen LogP contribution < -0.4 is 30.2 Å². The smallest absolute Gasteiger partial charge is 0.200 e. The Hall–Kier alpha value is -3.50. The number of nitrogens with one attached hydrogen (secondary N) is 3. The van der Waals surface area contributed by atoms with Crippen molar-refractivity contribution in [3.8, 4) is 17.2 Å². The van der Waals surface area contributed by atoms with Crippen LogP contribution in [0.3, 0.4) is 0 Å². The van der Waals surface area contributed by atoms with Crippen molar-refractivity contribution >= 4 is 155 Å². The van der Waals surface area contributed by atoms with Gasteiger partial charge in [0, 0.05) is 26.8 Å². The largest absolute Gasteiger partial charge is 0.497 e. The van der Waals surface area contributed by atoms with E-state index in [4.69, 9.17) is 19.2 Å². The van der Waals surface area contributed by atoms with Crippen molar-refractivity contribution < 1.29 is 36.2 Å². The van der Waals surface area contributed by atoms with E-state index in [0.717, 1.165) is 11.1 Å². The maximum absolute atomic E-state index is 16.5. The number of aromatic nitrogens is 2. The topological polar surface area (TPSA) is 83.7 Å². The van der Waals surface area contributed by atoms with Crippen LogP contribution in [0.2, 0.25) is 0 Å². The van der Waals surface area contributed by atoms with Crippen molar-refractivity contribution in [1.29, 1.82) is 0 Å². The Balaban J connectivity index is 1.54. The predicted molar refractivity (Wildman–Crippen MR) is 278 cm³/mol. The van der Waals surface area contributed by atoms with E-state index in [1.165, 1.54) is 7.11 Å². The molecule has 2 aromatic heterocycles. The number of hydrogen-bond acceptors (Lipinski definition) is 5. The van der Waals surface area contributed by atoms with Crippen molar-refractivity contribution in [2.75, 3.05) is 21.3 Å². The number of nitrogens with zero attached hydrogens (tertiary/aromatic N) is 1.